The Kier molecular flexibility index (Phi) is 5.17. The minimum absolute atomic E-state index is 0.150. The zero-order chi connectivity index (χ0) is 19.6. The third-order valence-corrected chi connectivity index (χ3v) is 5.18. The summed E-state index contributed by atoms with van der Waals surface area (Å²) in [7, 11) is 3.08. The monoisotopic (exact) mass is 364 g/mol. The molecule has 0 bridgehead atoms. The van der Waals surface area contributed by atoms with Crippen LogP contribution in [0.4, 0.5) is 5.69 Å². The molecular weight excluding hydrogens is 338 g/mol. The van der Waals surface area contributed by atoms with Crippen LogP contribution in [0.3, 0.4) is 0 Å². The third-order valence-electron chi connectivity index (χ3n) is 5.18. The van der Waals surface area contributed by atoms with Crippen LogP contribution < -0.4 is 4.74 Å². The second-order valence-electron chi connectivity index (χ2n) is 7.08. The van der Waals surface area contributed by atoms with Crippen LogP contribution in [0.5, 0.6) is 5.75 Å². The average molecular weight is 364 g/mol. The first-order chi connectivity index (χ1) is 12.9. The molecule has 27 heavy (non-hydrogen) atoms. The highest BCUT2D eigenvalue weighted by Gasteiger charge is 2.44. The van der Waals surface area contributed by atoms with E-state index in [-0.39, 0.29) is 11.4 Å². The van der Waals surface area contributed by atoms with Crippen molar-refractivity contribution in [3.8, 4) is 5.75 Å². The van der Waals surface area contributed by atoms with Gasteiger partial charge in [-0.1, -0.05) is 18.2 Å². The molecule has 0 N–H and O–H groups in total. The van der Waals surface area contributed by atoms with E-state index in [1.54, 1.807) is 7.11 Å². The summed E-state index contributed by atoms with van der Waals surface area (Å²) in [5.41, 5.74) is 5.03. The van der Waals surface area contributed by atoms with Gasteiger partial charge in [-0.05, 0) is 50.6 Å². The van der Waals surface area contributed by atoms with Crippen molar-refractivity contribution < 1.29 is 18.8 Å². The number of ether oxygens (including phenoxy) is 2. The number of hydrogen-bond acceptors (Lipinski definition) is 3. The SMILES string of the molecule is CC[N+]1=C(/C=C/c2ccc(OC)cc2)C(C)(C)c2ccc(C(=O)OC)cc21. The summed E-state index contributed by atoms with van der Waals surface area (Å²) in [6.45, 7) is 7.38. The Morgan fingerprint density at radius 2 is 1.78 bits per heavy atom. The van der Waals surface area contributed by atoms with Gasteiger partial charge in [0.25, 0.3) is 0 Å². The van der Waals surface area contributed by atoms with Gasteiger partial charge in [-0.2, -0.15) is 4.58 Å². The molecule has 4 nitrogen and oxygen atoms in total. The quantitative estimate of drug-likeness (QED) is 0.575. The van der Waals surface area contributed by atoms with Crippen molar-refractivity contribution in [2.45, 2.75) is 26.2 Å². The molecule has 0 atom stereocenters. The van der Waals surface area contributed by atoms with E-state index in [2.05, 4.69) is 37.5 Å². The van der Waals surface area contributed by atoms with Crippen LogP contribution in [-0.4, -0.2) is 37.0 Å². The van der Waals surface area contributed by atoms with Gasteiger partial charge in [0.05, 0.1) is 25.2 Å². The highest BCUT2D eigenvalue weighted by atomic mass is 16.5. The van der Waals surface area contributed by atoms with Crippen LogP contribution in [0, 0.1) is 0 Å². The number of esters is 1. The second kappa shape index (κ2) is 7.39. The number of hydrogen-bond donors (Lipinski definition) is 0. The zero-order valence-electron chi connectivity index (χ0n) is 16.6. The van der Waals surface area contributed by atoms with E-state index in [0.29, 0.717) is 5.56 Å². The lowest BCUT2D eigenvalue weighted by molar-refractivity contribution is -0.433. The summed E-state index contributed by atoms with van der Waals surface area (Å²) in [4.78, 5) is 11.9. The normalized spacial score (nSPS) is 15.1. The van der Waals surface area contributed by atoms with E-state index in [9.17, 15) is 4.79 Å². The molecule has 4 heteroatoms. The Hall–Kier alpha value is -2.88. The van der Waals surface area contributed by atoms with Crippen LogP contribution in [-0.2, 0) is 10.2 Å². The Morgan fingerprint density at radius 3 is 2.37 bits per heavy atom. The molecule has 0 saturated carbocycles. The molecule has 140 valence electrons. The van der Waals surface area contributed by atoms with Crippen LogP contribution in [0.2, 0.25) is 0 Å². The van der Waals surface area contributed by atoms with Gasteiger partial charge in [0.15, 0.2) is 5.71 Å². The average Bonchev–Trinajstić information content (AvgIpc) is 2.91. The Balaban J connectivity index is 2.03. The number of allylic oxidation sites excluding steroid dienone is 1. The number of methoxy groups -OCH3 is 2. The zero-order valence-corrected chi connectivity index (χ0v) is 16.6. The highest BCUT2D eigenvalue weighted by molar-refractivity contribution is 6.05. The predicted molar refractivity (Wildman–Crippen MR) is 108 cm³/mol. The molecule has 0 saturated heterocycles. The molecule has 3 rings (SSSR count). The van der Waals surface area contributed by atoms with E-state index in [0.717, 1.165) is 23.5 Å². The summed E-state index contributed by atoms with van der Waals surface area (Å²) in [5, 5.41) is 0. The van der Waals surface area contributed by atoms with Gasteiger partial charge in [0.1, 0.15) is 12.3 Å². The fourth-order valence-electron chi connectivity index (χ4n) is 3.66. The summed E-state index contributed by atoms with van der Waals surface area (Å²) >= 11 is 0. The van der Waals surface area contributed by atoms with Crippen molar-refractivity contribution in [3.05, 3.63) is 65.2 Å². The summed E-state index contributed by atoms with van der Waals surface area (Å²) in [6, 6.07) is 13.8. The van der Waals surface area contributed by atoms with Gasteiger partial charge < -0.3 is 9.47 Å². The smallest absolute Gasteiger partial charge is 0.338 e. The second-order valence-corrected chi connectivity index (χ2v) is 7.08. The summed E-state index contributed by atoms with van der Waals surface area (Å²) in [6.07, 6.45) is 4.29. The Morgan fingerprint density at radius 1 is 1.07 bits per heavy atom. The Bertz CT molecular complexity index is 921. The molecule has 1 aliphatic rings. The van der Waals surface area contributed by atoms with Gasteiger partial charge in [0, 0.05) is 17.7 Å². The van der Waals surface area contributed by atoms with E-state index in [1.165, 1.54) is 18.4 Å². The van der Waals surface area contributed by atoms with E-state index < -0.39 is 0 Å². The number of rotatable bonds is 5. The fraction of sp³-hybridized carbons (Fsp3) is 0.304. The van der Waals surface area contributed by atoms with E-state index >= 15 is 0 Å². The predicted octanol–water partition coefficient (Wildman–Crippen LogP) is 4.59. The highest BCUT2D eigenvalue weighted by Crippen LogP contribution is 2.40. The molecule has 2 aromatic carbocycles. The molecule has 1 aliphatic heterocycles. The van der Waals surface area contributed by atoms with Crippen molar-refractivity contribution in [3.63, 3.8) is 0 Å². The minimum atomic E-state index is -0.311. The van der Waals surface area contributed by atoms with E-state index in [4.69, 9.17) is 9.47 Å². The van der Waals surface area contributed by atoms with Crippen LogP contribution in [0.25, 0.3) is 6.08 Å². The number of carbonyl (C=O) groups is 1. The lowest BCUT2D eigenvalue weighted by Crippen LogP contribution is -2.27. The molecule has 0 amide bonds. The van der Waals surface area contributed by atoms with Crippen molar-refractivity contribution in [2.75, 3.05) is 20.8 Å². The molecule has 0 aromatic heterocycles. The number of carbonyl (C=O) groups excluding carboxylic acids is 1. The maximum absolute atomic E-state index is 11.9. The minimum Gasteiger partial charge on any atom is -0.497 e. The first-order valence-corrected chi connectivity index (χ1v) is 9.12. The van der Waals surface area contributed by atoms with Crippen molar-refractivity contribution in [1.82, 2.24) is 0 Å². The number of nitrogens with zero attached hydrogens (tertiary/aromatic N) is 1. The van der Waals surface area contributed by atoms with Gasteiger partial charge >= 0.3 is 5.97 Å². The Labute approximate surface area is 160 Å². The summed E-state index contributed by atoms with van der Waals surface area (Å²) in [5.74, 6) is 0.535. The van der Waals surface area contributed by atoms with Crippen molar-refractivity contribution in [2.24, 2.45) is 0 Å². The van der Waals surface area contributed by atoms with Crippen molar-refractivity contribution >= 4 is 23.4 Å². The molecular formula is C23H26NO3+. The van der Waals surface area contributed by atoms with Crippen LogP contribution in [0.15, 0.2) is 48.5 Å². The van der Waals surface area contributed by atoms with Gasteiger partial charge in [-0.3, -0.25) is 0 Å². The molecule has 0 spiro atoms. The first-order valence-electron chi connectivity index (χ1n) is 9.12. The standard InChI is InChI=1S/C23H26NO3/c1-6-24-20-15-17(22(25)27-5)10-13-19(20)23(2,3)21(24)14-9-16-7-11-18(26-4)12-8-16/h7-15H,6H2,1-5H3/q+1/b14-9+. The summed E-state index contributed by atoms with van der Waals surface area (Å²) < 4.78 is 12.4. The molecule has 0 radical (unpaired) electrons. The molecule has 0 fully saturated rings. The largest absolute Gasteiger partial charge is 0.497 e. The van der Waals surface area contributed by atoms with Gasteiger partial charge in [-0.25, -0.2) is 4.79 Å². The maximum atomic E-state index is 11.9. The van der Waals surface area contributed by atoms with Gasteiger partial charge in [0.2, 0.25) is 5.69 Å². The van der Waals surface area contributed by atoms with Crippen molar-refractivity contribution in [1.29, 1.82) is 0 Å². The lowest BCUT2D eigenvalue weighted by Gasteiger charge is -2.15. The molecule has 0 aliphatic carbocycles. The lowest BCUT2D eigenvalue weighted by atomic mass is 9.81. The van der Waals surface area contributed by atoms with Crippen LogP contribution in [0.1, 0.15) is 42.3 Å². The maximum Gasteiger partial charge on any atom is 0.338 e. The topological polar surface area (TPSA) is 38.5 Å². The first kappa shape index (κ1) is 18.9. The number of benzene rings is 2. The molecule has 0 unspecified atom stereocenters. The third kappa shape index (κ3) is 3.39. The number of fused-ring (bicyclic) bond motifs is 1. The van der Waals surface area contributed by atoms with Gasteiger partial charge in [-0.15, -0.1) is 0 Å². The van der Waals surface area contributed by atoms with E-state index in [1.807, 2.05) is 42.5 Å². The van der Waals surface area contributed by atoms with Crippen LogP contribution >= 0.6 is 0 Å². The molecule has 2 aromatic rings. The fourth-order valence-corrected chi connectivity index (χ4v) is 3.66. The molecule has 1 heterocycles.